The minimum atomic E-state index is -1.41. The summed E-state index contributed by atoms with van der Waals surface area (Å²) in [4.78, 5) is 9.73. The molecule has 3 nitrogen and oxygen atoms in total. The van der Waals surface area contributed by atoms with Crippen molar-refractivity contribution in [3.05, 3.63) is 136 Å². The van der Waals surface area contributed by atoms with E-state index >= 15 is 0 Å². The van der Waals surface area contributed by atoms with Gasteiger partial charge in [-0.2, -0.15) is 0 Å². The summed E-state index contributed by atoms with van der Waals surface area (Å²) in [7, 11) is -1.41. The molecule has 1 atom stereocenters. The van der Waals surface area contributed by atoms with Crippen LogP contribution in [0.3, 0.4) is 0 Å². The van der Waals surface area contributed by atoms with Crippen LogP contribution in [-0.2, 0) is 58.6 Å². The topological polar surface area (TPSA) is 38.9 Å². The van der Waals surface area contributed by atoms with Crippen LogP contribution in [0.15, 0.2) is 89.6 Å². The third-order valence-corrected chi connectivity index (χ3v) is 15.5. The zero-order valence-electron chi connectivity index (χ0n) is 35.9. The van der Waals surface area contributed by atoms with Gasteiger partial charge in [0.05, 0.1) is 13.7 Å². The van der Waals surface area contributed by atoms with Crippen LogP contribution in [-0.4, -0.2) is 18.0 Å². The number of rotatable bonds is 6. The molecule has 3 aliphatic rings. The Morgan fingerprint density at radius 3 is 2.05 bits per heavy atom. The SMILES string of the molecule is CC(C)C(C)c1cc(-c2[c-]ccc3c2CCCC3)ncc1[Si](C)(C)C.[Ir].[c-]1ccc2c(oc3ccc(-c4cccc5c4CCCC5)cc32)c1-c1nccc2c1CCCC2. The second-order valence-corrected chi connectivity index (χ2v) is 23.6. The van der Waals surface area contributed by atoms with Gasteiger partial charge in [0, 0.05) is 37.9 Å². The van der Waals surface area contributed by atoms with Crippen LogP contribution in [0.1, 0.15) is 104 Å². The molecule has 59 heavy (non-hydrogen) atoms. The zero-order chi connectivity index (χ0) is 40.0. The largest absolute Gasteiger partial charge is 0.501 e. The first-order valence-electron chi connectivity index (χ1n) is 22.1. The summed E-state index contributed by atoms with van der Waals surface area (Å²) in [6.07, 6.45) is 18.8. The summed E-state index contributed by atoms with van der Waals surface area (Å²) in [6.45, 7) is 14.3. The maximum atomic E-state index is 6.46. The zero-order valence-corrected chi connectivity index (χ0v) is 39.3. The molecule has 0 aliphatic heterocycles. The van der Waals surface area contributed by atoms with Gasteiger partial charge in [-0.05, 0) is 127 Å². The number of pyridine rings is 2. The van der Waals surface area contributed by atoms with Crippen molar-refractivity contribution in [3.8, 4) is 33.6 Å². The number of aromatic nitrogens is 2. The number of nitrogens with zero attached hydrogens (tertiary/aromatic N) is 2. The monoisotopic (exact) mass is 971 g/mol. The fraction of sp³-hybridized carbons (Fsp3) is 0.370. The Morgan fingerprint density at radius 1 is 0.644 bits per heavy atom. The van der Waals surface area contributed by atoms with Crippen molar-refractivity contribution in [2.75, 3.05) is 0 Å². The molecule has 4 aromatic carbocycles. The minimum absolute atomic E-state index is 0. The van der Waals surface area contributed by atoms with Gasteiger partial charge in [-0.15, -0.1) is 53.1 Å². The normalized spacial score (nSPS) is 15.4. The Balaban J connectivity index is 0.000000168. The van der Waals surface area contributed by atoms with E-state index in [9.17, 15) is 0 Å². The number of benzene rings is 4. The molecule has 1 radical (unpaired) electrons. The van der Waals surface area contributed by atoms with E-state index in [0.29, 0.717) is 11.8 Å². The van der Waals surface area contributed by atoms with E-state index in [-0.39, 0.29) is 20.1 Å². The molecule has 3 aliphatic carbocycles. The van der Waals surface area contributed by atoms with E-state index in [1.165, 1.54) is 130 Å². The van der Waals surface area contributed by atoms with E-state index in [4.69, 9.17) is 14.4 Å². The van der Waals surface area contributed by atoms with Crippen LogP contribution in [0.2, 0.25) is 19.6 Å². The van der Waals surface area contributed by atoms with Gasteiger partial charge in [-0.1, -0.05) is 118 Å². The fourth-order valence-corrected chi connectivity index (χ4v) is 11.5. The average Bonchev–Trinajstić information content (AvgIpc) is 3.63. The van der Waals surface area contributed by atoms with Gasteiger partial charge >= 0.3 is 0 Å². The molecule has 10 rings (SSSR count). The fourth-order valence-electron chi connectivity index (χ4n) is 9.92. The summed E-state index contributed by atoms with van der Waals surface area (Å²) in [5, 5.41) is 3.85. The number of hydrogen-bond acceptors (Lipinski definition) is 3. The first-order valence-corrected chi connectivity index (χ1v) is 25.6. The van der Waals surface area contributed by atoms with E-state index in [1.54, 1.807) is 0 Å². The summed E-state index contributed by atoms with van der Waals surface area (Å²) < 4.78 is 6.46. The quantitative estimate of drug-likeness (QED) is 0.123. The predicted molar refractivity (Wildman–Crippen MR) is 246 cm³/mol. The third-order valence-electron chi connectivity index (χ3n) is 13.5. The Kier molecular flexibility index (Phi) is 12.3. The van der Waals surface area contributed by atoms with Crippen molar-refractivity contribution in [1.29, 1.82) is 0 Å². The summed E-state index contributed by atoms with van der Waals surface area (Å²) in [5.41, 5.74) is 19.3. The maximum Gasteiger partial charge on any atom is 0.120 e. The van der Waals surface area contributed by atoms with Gasteiger partial charge in [-0.25, -0.2) is 0 Å². The van der Waals surface area contributed by atoms with Gasteiger partial charge in [-0.3, -0.25) is 0 Å². The van der Waals surface area contributed by atoms with Crippen LogP contribution in [0.25, 0.3) is 55.6 Å². The second kappa shape index (κ2) is 17.4. The van der Waals surface area contributed by atoms with E-state index in [0.717, 1.165) is 46.3 Å². The van der Waals surface area contributed by atoms with Crippen LogP contribution in [0.4, 0.5) is 0 Å². The maximum absolute atomic E-state index is 6.46. The Labute approximate surface area is 366 Å². The molecule has 0 fully saturated rings. The average molecular weight is 971 g/mol. The molecule has 0 amide bonds. The molecule has 0 spiro atoms. The summed E-state index contributed by atoms with van der Waals surface area (Å²) >= 11 is 0. The molecule has 5 heteroatoms. The third kappa shape index (κ3) is 8.20. The summed E-state index contributed by atoms with van der Waals surface area (Å²) in [6, 6.07) is 33.6. The van der Waals surface area contributed by atoms with Gasteiger partial charge in [0.15, 0.2) is 0 Å². The standard InChI is InChI=1S/C31H26NO.C23H32NSi.Ir/c1-3-10-23-20(7-1)9-5-12-24(23)22-15-16-29-28(19-22)26-13-6-14-27(31(26)33-29)30-25-11-4-2-8-21(25)17-18-32-30;1-16(2)17(3)21-14-22(24-15-23(21)25(4,5)6)20-13-9-11-18-10-7-8-12-19(18)20;/h5-6,9,12-13,15-19H,1-4,7-8,10-11H2;9,11,14-17H,7-8,10,12H2,1-6H3;/q2*-1;. The van der Waals surface area contributed by atoms with Gasteiger partial charge in [0.25, 0.3) is 0 Å². The molecule has 0 bridgehead atoms. The van der Waals surface area contributed by atoms with Crippen LogP contribution >= 0.6 is 0 Å². The summed E-state index contributed by atoms with van der Waals surface area (Å²) in [5.74, 6) is 1.20. The van der Waals surface area contributed by atoms with Crippen molar-refractivity contribution in [1.82, 2.24) is 9.97 Å². The molecular weight excluding hydrogens is 913 g/mol. The Morgan fingerprint density at radius 2 is 1.31 bits per heavy atom. The molecule has 3 heterocycles. The number of furan rings is 1. The Hall–Kier alpha value is -4.15. The van der Waals surface area contributed by atoms with Gasteiger partial charge < -0.3 is 14.4 Å². The van der Waals surface area contributed by atoms with E-state index in [1.807, 2.05) is 12.3 Å². The molecule has 0 N–H and O–H groups in total. The number of aryl methyl sites for hydroxylation is 3. The minimum Gasteiger partial charge on any atom is -0.501 e. The van der Waals surface area contributed by atoms with Crippen LogP contribution < -0.4 is 5.19 Å². The van der Waals surface area contributed by atoms with E-state index < -0.39 is 8.07 Å². The molecule has 7 aromatic rings. The molecule has 0 saturated heterocycles. The predicted octanol–water partition coefficient (Wildman–Crippen LogP) is 13.6. The number of hydrogen-bond donors (Lipinski definition) is 0. The van der Waals surface area contributed by atoms with Gasteiger partial charge in [0.2, 0.25) is 0 Å². The molecule has 1 unspecified atom stereocenters. The van der Waals surface area contributed by atoms with Crippen molar-refractivity contribution < 1.29 is 24.5 Å². The van der Waals surface area contributed by atoms with Crippen molar-refractivity contribution in [2.24, 2.45) is 5.92 Å². The van der Waals surface area contributed by atoms with Crippen molar-refractivity contribution in [2.45, 2.75) is 123 Å². The molecule has 3 aromatic heterocycles. The van der Waals surface area contributed by atoms with Crippen molar-refractivity contribution in [3.63, 3.8) is 0 Å². The second-order valence-electron chi connectivity index (χ2n) is 18.6. The van der Waals surface area contributed by atoms with Gasteiger partial charge in [0.1, 0.15) is 5.58 Å². The Bertz CT molecular complexity index is 2630. The first-order chi connectivity index (χ1) is 28.2. The smallest absolute Gasteiger partial charge is 0.120 e. The molecular formula is C54H58IrN2OSi-2. The first kappa shape index (κ1) is 41.6. The molecule has 305 valence electrons. The van der Waals surface area contributed by atoms with Crippen LogP contribution in [0.5, 0.6) is 0 Å². The number of fused-ring (bicyclic) bond motifs is 6. The van der Waals surface area contributed by atoms with Crippen LogP contribution in [0, 0.1) is 18.1 Å². The molecule has 0 saturated carbocycles. The van der Waals surface area contributed by atoms with Crippen molar-refractivity contribution >= 4 is 35.2 Å². The van der Waals surface area contributed by atoms with E-state index in [2.05, 4.69) is 125 Å².